The molecule has 1 aliphatic rings. The summed E-state index contributed by atoms with van der Waals surface area (Å²) in [5, 5.41) is 12.1. The quantitative estimate of drug-likeness (QED) is 0.153. The van der Waals surface area contributed by atoms with Crippen LogP contribution in [0.3, 0.4) is 0 Å². The number of carbonyl (C=O) groups excluding carboxylic acids is 4. The van der Waals surface area contributed by atoms with E-state index in [1.54, 1.807) is 4.90 Å². The molecule has 4 amide bonds. The lowest BCUT2D eigenvalue weighted by molar-refractivity contribution is -0.138. The van der Waals surface area contributed by atoms with E-state index in [-0.39, 0.29) is 18.2 Å². The van der Waals surface area contributed by atoms with Gasteiger partial charge < -0.3 is 36.6 Å². The molecule has 1 fully saturated rings. The summed E-state index contributed by atoms with van der Waals surface area (Å²) in [6.45, 7) is 10.8. The Balaban J connectivity index is 1.77. The number of benzene rings is 2. The molecule has 2 aromatic rings. The molecule has 1 saturated heterocycles. The zero-order valence-corrected chi connectivity index (χ0v) is 29.1. The Morgan fingerprint density at radius 2 is 1.33 bits per heavy atom. The van der Waals surface area contributed by atoms with Crippen LogP contribution in [0, 0.1) is 5.92 Å². The molecule has 11 heteroatoms. The zero-order valence-electron chi connectivity index (χ0n) is 29.1. The van der Waals surface area contributed by atoms with E-state index in [1.165, 1.54) is 0 Å². The van der Waals surface area contributed by atoms with Crippen LogP contribution in [-0.2, 0) is 36.8 Å². The van der Waals surface area contributed by atoms with Gasteiger partial charge in [0.25, 0.3) is 0 Å². The average Bonchev–Trinajstić information content (AvgIpc) is 3.35. The molecule has 11 nitrogen and oxygen atoms in total. The molecule has 0 bridgehead atoms. The molecule has 48 heavy (non-hydrogen) atoms. The molecule has 0 aliphatic carbocycles. The van der Waals surface area contributed by atoms with E-state index in [1.807, 2.05) is 74.5 Å². The maximum atomic E-state index is 13.9. The third-order valence-corrected chi connectivity index (χ3v) is 8.26. The molecular formula is C37H56N6O5. The number of amides is 4. The van der Waals surface area contributed by atoms with Crippen molar-refractivity contribution in [3.8, 4) is 0 Å². The van der Waals surface area contributed by atoms with Gasteiger partial charge in [0.1, 0.15) is 18.1 Å². The minimum atomic E-state index is -0.971. The second kappa shape index (κ2) is 20.5. The molecule has 2 aromatic carbocycles. The SMILES string of the molecule is CC(C)C[C@@H](NC(=O)[C@@H](Cc1ccccc1)NC(=O)[C@H](N)Cc1ccccc1)C(=O)NC(CCCNC(C)C)C(=O)N1CCCOCC1. The van der Waals surface area contributed by atoms with E-state index in [9.17, 15) is 19.2 Å². The fraction of sp³-hybridized carbons (Fsp3) is 0.568. The Hall–Kier alpha value is -3.80. The first kappa shape index (κ1) is 38.6. The molecule has 6 N–H and O–H groups in total. The van der Waals surface area contributed by atoms with Crippen LogP contribution in [0.2, 0.25) is 0 Å². The van der Waals surface area contributed by atoms with Gasteiger partial charge in [-0.15, -0.1) is 0 Å². The zero-order chi connectivity index (χ0) is 34.9. The van der Waals surface area contributed by atoms with E-state index in [4.69, 9.17) is 10.5 Å². The van der Waals surface area contributed by atoms with Crippen molar-refractivity contribution in [2.75, 3.05) is 32.8 Å². The molecule has 3 rings (SSSR count). The first-order valence-electron chi connectivity index (χ1n) is 17.4. The van der Waals surface area contributed by atoms with E-state index in [0.29, 0.717) is 64.6 Å². The molecule has 0 aromatic heterocycles. The van der Waals surface area contributed by atoms with Gasteiger partial charge in [-0.25, -0.2) is 0 Å². The average molecular weight is 665 g/mol. The van der Waals surface area contributed by atoms with Gasteiger partial charge in [-0.2, -0.15) is 0 Å². The Kier molecular flexibility index (Phi) is 16.5. The van der Waals surface area contributed by atoms with Crippen molar-refractivity contribution in [2.24, 2.45) is 11.7 Å². The predicted molar refractivity (Wildman–Crippen MR) is 188 cm³/mol. The Morgan fingerprint density at radius 3 is 1.96 bits per heavy atom. The van der Waals surface area contributed by atoms with Crippen LogP contribution >= 0.6 is 0 Å². The van der Waals surface area contributed by atoms with Crippen LogP contribution in [0.25, 0.3) is 0 Å². The smallest absolute Gasteiger partial charge is 0.245 e. The van der Waals surface area contributed by atoms with Gasteiger partial charge in [-0.1, -0.05) is 88.4 Å². The molecule has 1 aliphatic heterocycles. The van der Waals surface area contributed by atoms with Gasteiger partial charge in [0, 0.05) is 32.2 Å². The van der Waals surface area contributed by atoms with E-state index < -0.39 is 41.9 Å². The van der Waals surface area contributed by atoms with Gasteiger partial charge in [0.15, 0.2) is 0 Å². The monoisotopic (exact) mass is 664 g/mol. The lowest BCUT2D eigenvalue weighted by atomic mass is 9.99. The predicted octanol–water partition coefficient (Wildman–Crippen LogP) is 2.33. The fourth-order valence-electron chi connectivity index (χ4n) is 5.69. The summed E-state index contributed by atoms with van der Waals surface area (Å²) in [6.07, 6.45) is 2.76. The number of nitrogens with two attached hydrogens (primary N) is 1. The summed E-state index contributed by atoms with van der Waals surface area (Å²) in [6, 6.07) is 15.6. The topological polar surface area (TPSA) is 155 Å². The molecule has 0 radical (unpaired) electrons. The first-order chi connectivity index (χ1) is 23.0. The van der Waals surface area contributed by atoms with Crippen molar-refractivity contribution in [3.63, 3.8) is 0 Å². The number of rotatable bonds is 18. The third-order valence-electron chi connectivity index (χ3n) is 8.26. The maximum absolute atomic E-state index is 13.9. The minimum absolute atomic E-state index is 0.0645. The standard InChI is InChI=1S/C37H56N6O5/c1-26(2)23-32(35(45)40-31(17-11-18-39-27(3)4)37(47)43-19-12-21-48-22-20-43)42-36(46)33(25-29-15-9-6-10-16-29)41-34(44)30(38)24-28-13-7-5-8-14-28/h5-10,13-16,26-27,30-33,39H,11-12,17-25,38H2,1-4H3,(H,40,45)(H,41,44)(H,42,46)/t30-,31?,32-,33-/m1/s1. The minimum Gasteiger partial charge on any atom is -0.380 e. The summed E-state index contributed by atoms with van der Waals surface area (Å²) >= 11 is 0. The Bertz CT molecular complexity index is 1270. The van der Waals surface area contributed by atoms with Crippen molar-refractivity contribution in [3.05, 3.63) is 71.8 Å². The van der Waals surface area contributed by atoms with E-state index in [2.05, 4.69) is 35.1 Å². The maximum Gasteiger partial charge on any atom is 0.245 e. The summed E-state index contributed by atoms with van der Waals surface area (Å²) in [7, 11) is 0. The van der Waals surface area contributed by atoms with Crippen LogP contribution in [0.15, 0.2) is 60.7 Å². The summed E-state index contributed by atoms with van der Waals surface area (Å²) in [4.78, 5) is 56.5. The normalized spacial score (nSPS) is 16.0. The summed E-state index contributed by atoms with van der Waals surface area (Å²) < 4.78 is 5.55. The second-order valence-corrected chi connectivity index (χ2v) is 13.3. The highest BCUT2D eigenvalue weighted by Crippen LogP contribution is 2.12. The van der Waals surface area contributed by atoms with Crippen LogP contribution in [0.1, 0.15) is 64.5 Å². The Labute approximate surface area is 286 Å². The summed E-state index contributed by atoms with van der Waals surface area (Å²) in [5.74, 6) is -1.45. The van der Waals surface area contributed by atoms with E-state index in [0.717, 1.165) is 17.5 Å². The number of ether oxygens (including phenoxy) is 1. The summed E-state index contributed by atoms with van der Waals surface area (Å²) in [5.41, 5.74) is 8.03. The Morgan fingerprint density at radius 1 is 0.750 bits per heavy atom. The highest BCUT2D eigenvalue weighted by Gasteiger charge is 2.32. The fourth-order valence-corrected chi connectivity index (χ4v) is 5.69. The molecular weight excluding hydrogens is 608 g/mol. The highest BCUT2D eigenvalue weighted by atomic mass is 16.5. The molecule has 264 valence electrons. The lowest BCUT2D eigenvalue weighted by Gasteiger charge is -2.29. The van der Waals surface area contributed by atoms with Crippen molar-refractivity contribution in [2.45, 2.75) is 96.4 Å². The molecule has 1 heterocycles. The van der Waals surface area contributed by atoms with Crippen LogP contribution in [0.5, 0.6) is 0 Å². The highest BCUT2D eigenvalue weighted by molar-refractivity contribution is 5.95. The van der Waals surface area contributed by atoms with Gasteiger partial charge in [-0.05, 0) is 55.7 Å². The number of hydrogen-bond acceptors (Lipinski definition) is 7. The van der Waals surface area contributed by atoms with Gasteiger partial charge in [0.05, 0.1) is 12.6 Å². The number of carbonyl (C=O) groups is 4. The first-order valence-corrected chi connectivity index (χ1v) is 17.4. The molecule has 0 spiro atoms. The lowest BCUT2D eigenvalue weighted by Crippen LogP contribution is -2.58. The van der Waals surface area contributed by atoms with Crippen molar-refractivity contribution >= 4 is 23.6 Å². The third kappa shape index (κ3) is 13.7. The van der Waals surface area contributed by atoms with Crippen molar-refractivity contribution in [1.82, 2.24) is 26.2 Å². The van der Waals surface area contributed by atoms with Crippen LogP contribution in [0.4, 0.5) is 0 Å². The number of nitrogens with zero attached hydrogens (tertiary/aromatic N) is 1. The van der Waals surface area contributed by atoms with Gasteiger partial charge in [-0.3, -0.25) is 19.2 Å². The second-order valence-electron chi connectivity index (χ2n) is 13.3. The van der Waals surface area contributed by atoms with Gasteiger partial charge in [0.2, 0.25) is 23.6 Å². The van der Waals surface area contributed by atoms with Crippen LogP contribution in [-0.4, -0.2) is 91.6 Å². The number of hydrogen-bond donors (Lipinski definition) is 5. The molecule has 1 unspecified atom stereocenters. The number of nitrogens with one attached hydrogen (secondary N) is 4. The molecule has 4 atom stereocenters. The largest absolute Gasteiger partial charge is 0.380 e. The van der Waals surface area contributed by atoms with Gasteiger partial charge >= 0.3 is 0 Å². The van der Waals surface area contributed by atoms with E-state index >= 15 is 0 Å². The molecule has 0 saturated carbocycles. The van der Waals surface area contributed by atoms with Crippen molar-refractivity contribution in [1.29, 1.82) is 0 Å². The van der Waals surface area contributed by atoms with Crippen LogP contribution < -0.4 is 27.0 Å². The van der Waals surface area contributed by atoms with Crippen molar-refractivity contribution < 1.29 is 23.9 Å².